The molecule has 0 aromatic heterocycles. The normalized spacial score (nSPS) is 13.4. The van der Waals surface area contributed by atoms with Crippen LogP contribution in [-0.4, -0.2) is 35.8 Å². The Morgan fingerprint density at radius 2 is 1.71 bits per heavy atom. The molecule has 0 aromatic carbocycles. The second-order valence-electron chi connectivity index (χ2n) is 3.19. The molecule has 0 aliphatic heterocycles. The molecule has 0 heterocycles. The maximum Gasteiger partial charge on any atom is 0.359 e. The number of alkyl halides is 4. The maximum absolute atomic E-state index is 12.8. The molecule has 0 radical (unpaired) electrons. The van der Waals surface area contributed by atoms with Crippen LogP contribution in [0.3, 0.4) is 0 Å². The van der Waals surface area contributed by atoms with Crippen molar-refractivity contribution in [3.05, 3.63) is 0 Å². The Morgan fingerprint density at radius 1 is 1.29 bits per heavy atom. The van der Waals surface area contributed by atoms with Gasteiger partial charge in [-0.2, -0.15) is 17.6 Å². The largest absolute Gasteiger partial charge is 0.414 e. The van der Waals surface area contributed by atoms with Crippen molar-refractivity contribution in [3.8, 4) is 0 Å². The first-order valence-corrected chi connectivity index (χ1v) is 8.68. The lowest BCUT2D eigenvalue weighted by molar-refractivity contribution is -0.180. The Bertz CT molecular complexity index is 220. The van der Waals surface area contributed by atoms with Gasteiger partial charge in [0, 0.05) is 0 Å². The predicted octanol–water partition coefficient (Wildman–Crippen LogP) is 1.85. The molecule has 0 atom stereocenters. The molecular formula is C6H12F4O2Si2. The lowest BCUT2D eigenvalue weighted by atomic mass is 10.4. The Hall–Kier alpha value is -0.0862. The monoisotopic (exact) mass is 248 g/mol. The molecule has 0 bridgehead atoms. The summed E-state index contributed by atoms with van der Waals surface area (Å²) in [5.74, 6) is -4.34. The Labute approximate surface area is 82.6 Å². The van der Waals surface area contributed by atoms with Gasteiger partial charge in [0.05, 0.1) is 0 Å². The SMILES string of the molecule is C[Si](=O)C(F)(F)C(F)(F)CO[SiH](C)C. The van der Waals surface area contributed by atoms with E-state index in [4.69, 9.17) is 0 Å². The quantitative estimate of drug-likeness (QED) is 0.548. The van der Waals surface area contributed by atoms with Crippen LogP contribution in [0.25, 0.3) is 0 Å². The van der Waals surface area contributed by atoms with Crippen LogP contribution in [0.2, 0.25) is 19.6 Å². The molecule has 0 saturated heterocycles. The molecule has 0 aliphatic rings. The highest BCUT2D eigenvalue weighted by atomic mass is 28.3. The van der Waals surface area contributed by atoms with Gasteiger partial charge in [0.1, 0.15) is 6.61 Å². The minimum Gasteiger partial charge on any atom is -0.414 e. The summed E-state index contributed by atoms with van der Waals surface area (Å²) in [5, 5.41) is 0. The molecule has 0 rings (SSSR count). The fraction of sp³-hybridized carbons (Fsp3) is 1.00. The summed E-state index contributed by atoms with van der Waals surface area (Å²) in [4.78, 5) is 0. The zero-order chi connectivity index (χ0) is 11.6. The van der Waals surface area contributed by atoms with Gasteiger partial charge in [0.25, 0.3) is 0 Å². The van der Waals surface area contributed by atoms with Crippen molar-refractivity contribution in [1.82, 2.24) is 0 Å². The Kier molecular flexibility index (Phi) is 4.59. The molecule has 8 heteroatoms. The van der Waals surface area contributed by atoms with Crippen LogP contribution in [0.5, 0.6) is 0 Å². The highest BCUT2D eigenvalue weighted by Gasteiger charge is 2.60. The van der Waals surface area contributed by atoms with Crippen molar-refractivity contribution < 1.29 is 26.4 Å². The summed E-state index contributed by atoms with van der Waals surface area (Å²) in [6, 6.07) is 0. The van der Waals surface area contributed by atoms with Crippen LogP contribution in [-0.2, 0) is 8.89 Å². The minimum absolute atomic E-state index is 0.616. The van der Waals surface area contributed by atoms with Crippen LogP contribution in [0.1, 0.15) is 0 Å². The third kappa shape index (κ3) is 3.24. The Morgan fingerprint density at radius 3 is 2.00 bits per heavy atom. The third-order valence-electron chi connectivity index (χ3n) is 1.50. The van der Waals surface area contributed by atoms with Gasteiger partial charge in [-0.05, 0) is 19.6 Å². The molecule has 0 aromatic rings. The highest BCUT2D eigenvalue weighted by Crippen LogP contribution is 2.34. The van der Waals surface area contributed by atoms with Gasteiger partial charge in [-0.3, -0.25) is 0 Å². The van der Waals surface area contributed by atoms with Gasteiger partial charge in [0.2, 0.25) is 0 Å². The van der Waals surface area contributed by atoms with E-state index in [1.165, 1.54) is 0 Å². The van der Waals surface area contributed by atoms with E-state index >= 15 is 0 Å². The molecule has 0 N–H and O–H groups in total. The van der Waals surface area contributed by atoms with Crippen molar-refractivity contribution in [2.45, 2.75) is 31.1 Å². The molecular weight excluding hydrogens is 236 g/mol. The average molecular weight is 248 g/mol. The number of hydrogen-bond acceptors (Lipinski definition) is 2. The van der Waals surface area contributed by atoms with Crippen molar-refractivity contribution in [2.75, 3.05) is 6.61 Å². The van der Waals surface area contributed by atoms with Crippen LogP contribution < -0.4 is 0 Å². The van der Waals surface area contributed by atoms with Crippen LogP contribution in [0.15, 0.2) is 0 Å². The second-order valence-corrected chi connectivity index (χ2v) is 7.37. The molecule has 84 valence electrons. The van der Waals surface area contributed by atoms with Crippen molar-refractivity contribution in [1.29, 1.82) is 0 Å². The first kappa shape index (κ1) is 13.9. The average Bonchev–Trinajstić information content (AvgIpc) is 2.00. The highest BCUT2D eigenvalue weighted by molar-refractivity contribution is 6.48. The van der Waals surface area contributed by atoms with Gasteiger partial charge in [0.15, 0.2) is 9.04 Å². The fourth-order valence-electron chi connectivity index (χ4n) is 0.620. The summed E-state index contributed by atoms with van der Waals surface area (Å²) in [6.45, 7) is 2.44. The van der Waals surface area contributed by atoms with E-state index in [9.17, 15) is 22.0 Å². The first-order valence-electron chi connectivity index (χ1n) is 3.99. The summed E-state index contributed by atoms with van der Waals surface area (Å²) >= 11 is 0. The Balaban J connectivity index is 4.52. The van der Waals surface area contributed by atoms with Gasteiger partial charge >= 0.3 is 20.2 Å². The van der Waals surface area contributed by atoms with Crippen molar-refractivity contribution >= 4 is 17.7 Å². The smallest absolute Gasteiger partial charge is 0.359 e. The van der Waals surface area contributed by atoms with E-state index in [0.29, 0.717) is 6.55 Å². The van der Waals surface area contributed by atoms with Gasteiger partial charge in [-0.15, -0.1) is 0 Å². The zero-order valence-corrected chi connectivity index (χ0v) is 10.3. The summed E-state index contributed by atoms with van der Waals surface area (Å²) < 4.78 is 66.0. The van der Waals surface area contributed by atoms with E-state index in [0.717, 1.165) is 0 Å². The van der Waals surface area contributed by atoms with Gasteiger partial charge in [-0.1, -0.05) is 0 Å². The predicted molar refractivity (Wildman–Crippen MR) is 47.0 cm³/mol. The first-order chi connectivity index (χ1) is 6.11. The van der Waals surface area contributed by atoms with E-state index in [1.807, 2.05) is 0 Å². The van der Waals surface area contributed by atoms with E-state index in [1.54, 1.807) is 13.1 Å². The lowest BCUT2D eigenvalue weighted by Crippen LogP contribution is -2.50. The summed E-state index contributed by atoms with van der Waals surface area (Å²) in [5.41, 5.74) is -4.46. The minimum atomic E-state index is -4.46. The van der Waals surface area contributed by atoms with Gasteiger partial charge in [-0.25, -0.2) is 0 Å². The third-order valence-corrected chi connectivity index (χ3v) is 3.58. The topological polar surface area (TPSA) is 26.3 Å². The molecule has 2 nitrogen and oxygen atoms in total. The van der Waals surface area contributed by atoms with E-state index < -0.39 is 35.8 Å². The van der Waals surface area contributed by atoms with E-state index in [-0.39, 0.29) is 0 Å². The molecule has 0 aliphatic carbocycles. The molecule has 0 spiro atoms. The zero-order valence-electron chi connectivity index (χ0n) is 8.11. The molecule has 0 saturated carbocycles. The van der Waals surface area contributed by atoms with Crippen LogP contribution in [0, 0.1) is 0 Å². The summed E-state index contributed by atoms with van der Waals surface area (Å²) in [6.07, 6.45) is 0. The fourth-order valence-corrected chi connectivity index (χ4v) is 1.75. The van der Waals surface area contributed by atoms with Crippen molar-refractivity contribution in [3.63, 3.8) is 0 Å². The molecule has 14 heavy (non-hydrogen) atoms. The number of halogens is 4. The standard InChI is InChI=1S/C6H12F4O2Si2/c1-13(2)12-4-5(7,8)6(9,10)14(3)11/h13H,4H2,1-3H3. The molecule has 0 amide bonds. The molecule has 0 unspecified atom stereocenters. The maximum atomic E-state index is 12.8. The number of hydrogen-bond donors (Lipinski definition) is 0. The van der Waals surface area contributed by atoms with Crippen LogP contribution >= 0.6 is 0 Å². The van der Waals surface area contributed by atoms with E-state index in [2.05, 4.69) is 4.43 Å². The lowest BCUT2D eigenvalue weighted by Gasteiger charge is -2.24. The van der Waals surface area contributed by atoms with Crippen LogP contribution in [0.4, 0.5) is 17.6 Å². The van der Waals surface area contributed by atoms with Gasteiger partial charge < -0.3 is 8.89 Å². The molecule has 0 fully saturated rings. The van der Waals surface area contributed by atoms with Crippen molar-refractivity contribution in [2.24, 2.45) is 0 Å². The second kappa shape index (κ2) is 4.62. The number of rotatable bonds is 5. The summed E-state index contributed by atoms with van der Waals surface area (Å²) in [7, 11) is -5.39.